The molecule has 0 amide bonds. The molecule has 2 aromatic rings. The number of aliphatic hydroxyl groups excluding tert-OH is 1. The first-order chi connectivity index (χ1) is 8.56. The minimum absolute atomic E-state index is 0.485. The molecule has 0 radical (unpaired) electrons. The molecule has 0 aliphatic heterocycles. The fraction of sp³-hybridized carbons (Fsp3) is 0.143. The molecule has 0 aliphatic rings. The van der Waals surface area contributed by atoms with Gasteiger partial charge in [-0.25, -0.2) is 0 Å². The van der Waals surface area contributed by atoms with Crippen LogP contribution in [0.4, 0.5) is 0 Å². The molecule has 18 heavy (non-hydrogen) atoms. The van der Waals surface area contributed by atoms with Gasteiger partial charge in [0, 0.05) is 11.4 Å². The molecule has 0 saturated heterocycles. The summed E-state index contributed by atoms with van der Waals surface area (Å²) in [7, 11) is 0. The first-order valence-electron chi connectivity index (χ1n) is 5.44. The predicted octanol–water partition coefficient (Wildman–Crippen LogP) is 4.92. The summed E-state index contributed by atoms with van der Waals surface area (Å²) >= 11 is 17.6. The highest BCUT2D eigenvalue weighted by Gasteiger charge is 2.09. The summed E-state index contributed by atoms with van der Waals surface area (Å²) < 4.78 is 0. The van der Waals surface area contributed by atoms with Crippen LogP contribution >= 0.6 is 34.8 Å². The average molecular weight is 302 g/mol. The van der Waals surface area contributed by atoms with E-state index in [1.165, 1.54) is 0 Å². The van der Waals surface area contributed by atoms with Gasteiger partial charge < -0.3 is 5.11 Å². The summed E-state index contributed by atoms with van der Waals surface area (Å²) in [4.78, 5) is 0. The lowest BCUT2D eigenvalue weighted by molar-refractivity contribution is 0.178. The highest BCUT2D eigenvalue weighted by molar-refractivity contribution is 6.42. The normalized spacial score (nSPS) is 12.4. The number of rotatable bonds is 3. The number of aliphatic hydroxyl groups is 1. The largest absolute Gasteiger partial charge is 0.388 e. The van der Waals surface area contributed by atoms with Crippen molar-refractivity contribution in [2.24, 2.45) is 0 Å². The molecule has 1 unspecified atom stereocenters. The summed E-state index contributed by atoms with van der Waals surface area (Å²) in [5.74, 6) is 0. The Balaban J connectivity index is 2.13. The second kappa shape index (κ2) is 5.94. The summed E-state index contributed by atoms with van der Waals surface area (Å²) in [5, 5.41) is 11.8. The Morgan fingerprint density at radius 3 is 2.17 bits per heavy atom. The Hall–Kier alpha value is -0.730. The van der Waals surface area contributed by atoms with Gasteiger partial charge in [-0.3, -0.25) is 0 Å². The van der Waals surface area contributed by atoms with Crippen LogP contribution in [0.2, 0.25) is 15.1 Å². The van der Waals surface area contributed by atoms with E-state index in [1.807, 2.05) is 18.2 Å². The standard InChI is InChI=1S/C14H11Cl3O/c15-11-4-2-10(3-5-11)14(18)8-9-1-6-12(16)13(17)7-9/h1-7,14,18H,8H2. The lowest BCUT2D eigenvalue weighted by Crippen LogP contribution is -2.01. The van der Waals surface area contributed by atoms with E-state index >= 15 is 0 Å². The molecule has 1 atom stereocenters. The Kier molecular flexibility index (Phi) is 4.52. The summed E-state index contributed by atoms with van der Waals surface area (Å²) in [5.41, 5.74) is 1.76. The molecule has 2 aromatic carbocycles. The van der Waals surface area contributed by atoms with Gasteiger partial charge in [0.25, 0.3) is 0 Å². The molecular weight excluding hydrogens is 291 g/mol. The van der Waals surface area contributed by atoms with E-state index in [2.05, 4.69) is 0 Å². The van der Waals surface area contributed by atoms with Gasteiger partial charge in [0.05, 0.1) is 16.1 Å². The molecule has 94 valence electrons. The smallest absolute Gasteiger partial charge is 0.0830 e. The van der Waals surface area contributed by atoms with E-state index in [0.717, 1.165) is 11.1 Å². The molecule has 1 nitrogen and oxygen atoms in total. The Morgan fingerprint density at radius 2 is 1.56 bits per heavy atom. The third-order valence-corrected chi connectivity index (χ3v) is 3.66. The van der Waals surface area contributed by atoms with Crippen molar-refractivity contribution in [1.29, 1.82) is 0 Å². The van der Waals surface area contributed by atoms with E-state index in [-0.39, 0.29) is 0 Å². The average Bonchev–Trinajstić information content (AvgIpc) is 2.34. The van der Waals surface area contributed by atoms with E-state index in [9.17, 15) is 5.11 Å². The van der Waals surface area contributed by atoms with Crippen LogP contribution in [0.15, 0.2) is 42.5 Å². The van der Waals surface area contributed by atoms with Crippen molar-refractivity contribution in [1.82, 2.24) is 0 Å². The quantitative estimate of drug-likeness (QED) is 0.853. The molecular formula is C14H11Cl3O. The van der Waals surface area contributed by atoms with Crippen molar-refractivity contribution >= 4 is 34.8 Å². The first kappa shape index (κ1) is 13.7. The third kappa shape index (κ3) is 3.39. The summed E-state index contributed by atoms with van der Waals surface area (Å²) in [6, 6.07) is 12.5. The molecule has 0 aliphatic carbocycles. The van der Waals surface area contributed by atoms with Gasteiger partial charge in [-0.2, -0.15) is 0 Å². The fourth-order valence-electron chi connectivity index (χ4n) is 1.69. The molecule has 1 N–H and O–H groups in total. The highest BCUT2D eigenvalue weighted by Crippen LogP contribution is 2.26. The zero-order valence-corrected chi connectivity index (χ0v) is 11.7. The van der Waals surface area contributed by atoms with Crippen molar-refractivity contribution in [3.05, 3.63) is 68.7 Å². The van der Waals surface area contributed by atoms with Gasteiger partial charge in [-0.1, -0.05) is 53.0 Å². The maximum absolute atomic E-state index is 10.1. The molecule has 0 spiro atoms. The van der Waals surface area contributed by atoms with Gasteiger partial charge in [0.2, 0.25) is 0 Å². The highest BCUT2D eigenvalue weighted by atomic mass is 35.5. The minimum atomic E-state index is -0.584. The second-order valence-electron chi connectivity index (χ2n) is 4.02. The minimum Gasteiger partial charge on any atom is -0.388 e. The number of hydrogen-bond donors (Lipinski definition) is 1. The maximum Gasteiger partial charge on any atom is 0.0830 e. The SMILES string of the molecule is OC(Cc1ccc(Cl)c(Cl)c1)c1ccc(Cl)cc1. The molecule has 4 heteroatoms. The zero-order chi connectivity index (χ0) is 13.1. The molecule has 0 fully saturated rings. The van der Waals surface area contributed by atoms with Crippen molar-refractivity contribution in [2.75, 3.05) is 0 Å². The number of halogens is 3. The molecule has 0 bridgehead atoms. The Labute approximate surface area is 121 Å². The van der Waals surface area contributed by atoms with E-state index < -0.39 is 6.10 Å². The van der Waals surface area contributed by atoms with Crippen LogP contribution in [-0.2, 0) is 6.42 Å². The van der Waals surface area contributed by atoms with Crippen LogP contribution < -0.4 is 0 Å². The summed E-state index contributed by atoms with van der Waals surface area (Å²) in [6.45, 7) is 0. The van der Waals surface area contributed by atoms with Crippen LogP contribution in [-0.4, -0.2) is 5.11 Å². The van der Waals surface area contributed by atoms with Gasteiger partial charge in [-0.05, 0) is 35.4 Å². The van der Waals surface area contributed by atoms with Gasteiger partial charge in [-0.15, -0.1) is 0 Å². The Bertz CT molecular complexity index is 537. The van der Waals surface area contributed by atoms with Crippen molar-refractivity contribution < 1.29 is 5.11 Å². The van der Waals surface area contributed by atoms with Crippen LogP contribution in [0, 0.1) is 0 Å². The van der Waals surface area contributed by atoms with Crippen LogP contribution in [0.25, 0.3) is 0 Å². The first-order valence-corrected chi connectivity index (χ1v) is 6.57. The predicted molar refractivity (Wildman–Crippen MR) is 76.6 cm³/mol. The lowest BCUT2D eigenvalue weighted by Gasteiger charge is -2.11. The lowest BCUT2D eigenvalue weighted by atomic mass is 10.0. The number of hydrogen-bond acceptors (Lipinski definition) is 1. The van der Waals surface area contributed by atoms with Gasteiger partial charge >= 0.3 is 0 Å². The molecule has 2 rings (SSSR count). The van der Waals surface area contributed by atoms with E-state index in [1.54, 1.807) is 24.3 Å². The van der Waals surface area contributed by atoms with Gasteiger partial charge in [0.1, 0.15) is 0 Å². The van der Waals surface area contributed by atoms with E-state index in [4.69, 9.17) is 34.8 Å². The van der Waals surface area contributed by atoms with Crippen LogP contribution in [0.1, 0.15) is 17.2 Å². The van der Waals surface area contributed by atoms with Gasteiger partial charge in [0.15, 0.2) is 0 Å². The second-order valence-corrected chi connectivity index (χ2v) is 5.27. The van der Waals surface area contributed by atoms with E-state index in [0.29, 0.717) is 21.5 Å². The monoisotopic (exact) mass is 300 g/mol. The Morgan fingerprint density at radius 1 is 0.889 bits per heavy atom. The molecule has 0 aromatic heterocycles. The topological polar surface area (TPSA) is 20.2 Å². The maximum atomic E-state index is 10.1. The zero-order valence-electron chi connectivity index (χ0n) is 9.41. The summed E-state index contributed by atoms with van der Waals surface area (Å²) in [6.07, 6.45) is -0.0991. The molecule has 0 heterocycles. The van der Waals surface area contributed by atoms with Crippen LogP contribution in [0.5, 0.6) is 0 Å². The molecule has 0 saturated carbocycles. The van der Waals surface area contributed by atoms with Crippen molar-refractivity contribution in [3.8, 4) is 0 Å². The third-order valence-electron chi connectivity index (χ3n) is 2.67. The van der Waals surface area contributed by atoms with Crippen molar-refractivity contribution in [3.63, 3.8) is 0 Å². The fourth-order valence-corrected chi connectivity index (χ4v) is 2.14. The van der Waals surface area contributed by atoms with Crippen LogP contribution in [0.3, 0.4) is 0 Å². The number of benzene rings is 2. The van der Waals surface area contributed by atoms with Crippen molar-refractivity contribution in [2.45, 2.75) is 12.5 Å².